The van der Waals surface area contributed by atoms with Crippen LogP contribution in [0.3, 0.4) is 0 Å². The zero-order valence-electron chi connectivity index (χ0n) is 21.3. The Kier molecular flexibility index (Phi) is 8.28. The van der Waals surface area contributed by atoms with Crippen molar-refractivity contribution in [3.63, 3.8) is 0 Å². The first kappa shape index (κ1) is 26.1. The molecule has 0 N–H and O–H groups in total. The molecule has 0 bridgehead atoms. The molecule has 9 heteroatoms. The molecule has 4 aromatic rings. The second-order valence-electron chi connectivity index (χ2n) is 10.0. The minimum atomic E-state index is -1.25. The lowest BCUT2D eigenvalue weighted by Crippen LogP contribution is -2.25. The van der Waals surface area contributed by atoms with Crippen LogP contribution in [0, 0.1) is 0 Å². The molecule has 0 aliphatic heterocycles. The van der Waals surface area contributed by atoms with E-state index in [0.717, 1.165) is 29.3 Å². The van der Waals surface area contributed by atoms with E-state index in [0.29, 0.717) is 36.7 Å². The maximum absolute atomic E-state index is 13.4. The fraction of sp³-hybridized carbons (Fsp3) is 0.370. The highest BCUT2D eigenvalue weighted by Crippen LogP contribution is 2.26. The van der Waals surface area contributed by atoms with E-state index in [1.54, 1.807) is 0 Å². The SMILES string of the molecule is CCCn1c(Cl)nc2nc(-c3ccc(OCc4ccccc4)cc3)n(COCC[Si](C)(C)C)c2c1=O. The number of hydrogen-bond acceptors (Lipinski definition) is 5. The van der Waals surface area contributed by atoms with E-state index in [1.165, 1.54) is 4.57 Å². The van der Waals surface area contributed by atoms with Crippen molar-refractivity contribution in [2.45, 2.75) is 58.9 Å². The van der Waals surface area contributed by atoms with Gasteiger partial charge in [-0.15, -0.1) is 0 Å². The largest absolute Gasteiger partial charge is 0.489 e. The molecule has 0 saturated carbocycles. The predicted molar refractivity (Wildman–Crippen MR) is 147 cm³/mol. The number of nitrogens with zero attached hydrogens (tertiary/aromatic N) is 4. The average Bonchev–Trinajstić information content (AvgIpc) is 3.21. The highest BCUT2D eigenvalue weighted by atomic mass is 35.5. The van der Waals surface area contributed by atoms with Crippen molar-refractivity contribution < 1.29 is 9.47 Å². The van der Waals surface area contributed by atoms with Gasteiger partial charge in [-0.05, 0) is 53.9 Å². The molecule has 0 aliphatic carbocycles. The summed E-state index contributed by atoms with van der Waals surface area (Å²) in [6.07, 6.45) is 0.769. The molecule has 0 spiro atoms. The molecule has 0 radical (unpaired) electrons. The van der Waals surface area contributed by atoms with Crippen LogP contribution < -0.4 is 10.3 Å². The molecule has 2 aromatic carbocycles. The Balaban J connectivity index is 1.66. The zero-order valence-corrected chi connectivity index (χ0v) is 23.1. The van der Waals surface area contributed by atoms with Crippen molar-refractivity contribution in [2.24, 2.45) is 0 Å². The van der Waals surface area contributed by atoms with Crippen LogP contribution in [0.15, 0.2) is 59.4 Å². The first-order valence-corrected chi connectivity index (χ1v) is 16.4. The van der Waals surface area contributed by atoms with Gasteiger partial charge in [-0.1, -0.05) is 56.9 Å². The van der Waals surface area contributed by atoms with Crippen LogP contribution in [0.25, 0.3) is 22.6 Å². The number of halogens is 1. The Labute approximate surface area is 217 Å². The number of ether oxygens (including phenoxy) is 2. The molecule has 7 nitrogen and oxygen atoms in total. The number of benzene rings is 2. The summed E-state index contributed by atoms with van der Waals surface area (Å²) in [4.78, 5) is 22.5. The molecule has 0 fully saturated rings. The van der Waals surface area contributed by atoms with E-state index in [1.807, 2.05) is 66.1 Å². The van der Waals surface area contributed by atoms with Crippen LogP contribution in [-0.2, 0) is 24.6 Å². The maximum atomic E-state index is 13.4. The van der Waals surface area contributed by atoms with E-state index in [2.05, 4.69) is 24.6 Å². The average molecular weight is 525 g/mol. The van der Waals surface area contributed by atoms with Gasteiger partial charge in [0.05, 0.1) is 0 Å². The highest BCUT2D eigenvalue weighted by molar-refractivity contribution is 6.76. The van der Waals surface area contributed by atoms with Crippen molar-refractivity contribution in [1.29, 1.82) is 0 Å². The fourth-order valence-corrected chi connectivity index (χ4v) is 4.83. The molecule has 0 aliphatic rings. The standard InChI is InChI=1S/C27H33ClN4O3Si/c1-5-15-31-26(33)23-24(30-27(31)28)29-25(32(23)19-34-16-17-36(2,3)4)21-11-13-22(14-12-21)35-18-20-9-7-6-8-10-20/h6-14H,5,15-19H2,1-4H3. The Morgan fingerprint density at radius 1 is 0.972 bits per heavy atom. The normalized spacial score (nSPS) is 11.8. The third kappa shape index (κ3) is 6.24. The van der Waals surface area contributed by atoms with Gasteiger partial charge in [0.2, 0.25) is 5.28 Å². The maximum Gasteiger partial charge on any atom is 0.280 e. The number of imidazole rings is 1. The Hall–Kier alpha value is -2.94. The van der Waals surface area contributed by atoms with Gasteiger partial charge < -0.3 is 9.47 Å². The highest BCUT2D eigenvalue weighted by Gasteiger charge is 2.20. The third-order valence-electron chi connectivity index (χ3n) is 5.84. The lowest BCUT2D eigenvalue weighted by atomic mass is 10.2. The van der Waals surface area contributed by atoms with Crippen molar-refractivity contribution in [1.82, 2.24) is 19.1 Å². The quantitative estimate of drug-likeness (QED) is 0.132. The van der Waals surface area contributed by atoms with Crippen LogP contribution in [-0.4, -0.2) is 33.8 Å². The first-order chi connectivity index (χ1) is 17.3. The summed E-state index contributed by atoms with van der Waals surface area (Å²) in [6.45, 7) is 10.8. The van der Waals surface area contributed by atoms with Gasteiger partial charge in [0.1, 0.15) is 24.9 Å². The fourth-order valence-electron chi connectivity index (χ4n) is 3.83. The second kappa shape index (κ2) is 11.4. The summed E-state index contributed by atoms with van der Waals surface area (Å²) in [5.74, 6) is 1.37. The van der Waals surface area contributed by atoms with Crippen LogP contribution >= 0.6 is 11.6 Å². The van der Waals surface area contributed by atoms with Crippen molar-refractivity contribution in [2.75, 3.05) is 6.61 Å². The van der Waals surface area contributed by atoms with Crippen LogP contribution in [0.2, 0.25) is 31.0 Å². The van der Waals surface area contributed by atoms with Crippen LogP contribution in [0.4, 0.5) is 0 Å². The first-order valence-electron chi connectivity index (χ1n) is 12.3. The molecule has 0 saturated heterocycles. The van der Waals surface area contributed by atoms with Gasteiger partial charge in [-0.25, -0.2) is 4.98 Å². The summed E-state index contributed by atoms with van der Waals surface area (Å²) >= 11 is 6.34. The van der Waals surface area contributed by atoms with Gasteiger partial charge in [-0.3, -0.25) is 13.9 Å². The number of rotatable bonds is 11. The third-order valence-corrected chi connectivity index (χ3v) is 7.84. The van der Waals surface area contributed by atoms with Gasteiger partial charge in [-0.2, -0.15) is 4.98 Å². The van der Waals surface area contributed by atoms with E-state index >= 15 is 0 Å². The topological polar surface area (TPSA) is 71.2 Å². The Bertz CT molecular complexity index is 1360. The smallest absolute Gasteiger partial charge is 0.280 e. The van der Waals surface area contributed by atoms with Crippen LogP contribution in [0.5, 0.6) is 5.75 Å². The molecule has 0 atom stereocenters. The number of hydrogen-bond donors (Lipinski definition) is 0. The Morgan fingerprint density at radius 2 is 1.69 bits per heavy atom. The van der Waals surface area contributed by atoms with E-state index in [-0.39, 0.29) is 17.6 Å². The van der Waals surface area contributed by atoms with Crippen molar-refractivity contribution in [3.05, 3.63) is 75.8 Å². The minimum absolute atomic E-state index is 0.148. The monoisotopic (exact) mass is 524 g/mol. The Morgan fingerprint density at radius 3 is 2.36 bits per heavy atom. The van der Waals surface area contributed by atoms with E-state index in [4.69, 9.17) is 26.1 Å². The van der Waals surface area contributed by atoms with E-state index in [9.17, 15) is 4.79 Å². The molecule has 36 heavy (non-hydrogen) atoms. The van der Waals surface area contributed by atoms with E-state index < -0.39 is 8.07 Å². The molecular weight excluding hydrogens is 492 g/mol. The van der Waals surface area contributed by atoms with Crippen LogP contribution in [0.1, 0.15) is 18.9 Å². The lowest BCUT2D eigenvalue weighted by Gasteiger charge is -2.16. The molecule has 0 amide bonds. The number of aromatic nitrogens is 4. The summed E-state index contributed by atoms with van der Waals surface area (Å²) in [5.41, 5.74) is 2.46. The van der Waals surface area contributed by atoms with Gasteiger partial charge in [0, 0.05) is 26.8 Å². The molecule has 190 valence electrons. The zero-order chi connectivity index (χ0) is 25.7. The van der Waals surface area contributed by atoms with Gasteiger partial charge in [0.15, 0.2) is 11.2 Å². The van der Waals surface area contributed by atoms with Crippen molar-refractivity contribution >= 4 is 30.8 Å². The molecular formula is C27H33ClN4O3Si. The molecule has 2 heterocycles. The molecule has 4 rings (SSSR count). The molecule has 0 unspecified atom stereocenters. The molecule has 2 aromatic heterocycles. The lowest BCUT2D eigenvalue weighted by molar-refractivity contribution is 0.0908. The van der Waals surface area contributed by atoms with Gasteiger partial charge in [0.25, 0.3) is 5.56 Å². The number of fused-ring (bicyclic) bond motifs is 1. The predicted octanol–water partition coefficient (Wildman–Crippen LogP) is 6.21. The summed E-state index contributed by atoms with van der Waals surface area (Å²) in [6, 6.07) is 18.8. The minimum Gasteiger partial charge on any atom is -0.489 e. The second-order valence-corrected chi connectivity index (χ2v) is 16.0. The summed E-state index contributed by atoms with van der Waals surface area (Å²) < 4.78 is 15.3. The van der Waals surface area contributed by atoms with Crippen molar-refractivity contribution in [3.8, 4) is 17.1 Å². The summed E-state index contributed by atoms with van der Waals surface area (Å²) in [7, 11) is -1.25. The summed E-state index contributed by atoms with van der Waals surface area (Å²) in [5, 5.41) is 0.148. The van der Waals surface area contributed by atoms with Gasteiger partial charge >= 0.3 is 0 Å².